The Balaban J connectivity index is 0.00000225. The van der Waals surface area contributed by atoms with Gasteiger partial charge in [0.2, 0.25) is 6.79 Å². The number of nitrogens with one attached hydrogen (secondary N) is 1. The van der Waals surface area contributed by atoms with Crippen molar-refractivity contribution >= 4 is 35.6 Å². The number of rotatable bonds is 4. The Morgan fingerprint density at radius 1 is 1.11 bits per heavy atom. The monoisotopic (exact) mass is 495 g/mol. The summed E-state index contributed by atoms with van der Waals surface area (Å²) < 4.78 is 16.6. The summed E-state index contributed by atoms with van der Waals surface area (Å²) >= 11 is 0. The van der Waals surface area contributed by atoms with Crippen molar-refractivity contribution in [3.63, 3.8) is 0 Å². The van der Waals surface area contributed by atoms with Gasteiger partial charge < -0.3 is 25.3 Å². The molecule has 0 spiro atoms. The zero-order valence-corrected chi connectivity index (χ0v) is 18.3. The summed E-state index contributed by atoms with van der Waals surface area (Å²) in [5, 5.41) is 3.18. The molecule has 0 radical (unpaired) electrons. The van der Waals surface area contributed by atoms with Crippen molar-refractivity contribution in [2.75, 3.05) is 31.9 Å². The molecule has 2 aromatic rings. The first-order valence-electron chi connectivity index (χ1n) is 9.26. The van der Waals surface area contributed by atoms with Gasteiger partial charge in [0.1, 0.15) is 0 Å². The van der Waals surface area contributed by atoms with Gasteiger partial charge in [0.05, 0.1) is 6.54 Å². The Morgan fingerprint density at radius 3 is 2.68 bits per heavy atom. The molecule has 0 bridgehead atoms. The van der Waals surface area contributed by atoms with Gasteiger partial charge in [-0.05, 0) is 55.2 Å². The zero-order chi connectivity index (χ0) is 18.7. The lowest BCUT2D eigenvalue weighted by Crippen LogP contribution is -2.38. The van der Waals surface area contributed by atoms with Gasteiger partial charge in [-0.1, -0.05) is 18.2 Å². The second-order valence-electron chi connectivity index (χ2n) is 7.16. The predicted molar refractivity (Wildman–Crippen MR) is 121 cm³/mol. The zero-order valence-electron chi connectivity index (χ0n) is 15.9. The van der Waals surface area contributed by atoms with Gasteiger partial charge in [-0.25, -0.2) is 0 Å². The molecule has 2 aliphatic heterocycles. The maximum atomic E-state index is 6.16. The number of hydrogen-bond donors (Lipinski definition) is 2. The van der Waals surface area contributed by atoms with Crippen LogP contribution >= 0.6 is 24.0 Å². The molecule has 1 saturated heterocycles. The number of halogens is 1. The highest BCUT2D eigenvalue weighted by Crippen LogP contribution is 2.41. The molecule has 0 saturated carbocycles. The van der Waals surface area contributed by atoms with E-state index in [9.17, 15) is 0 Å². The number of aliphatic imine (C=N–C) groups is 1. The Morgan fingerprint density at radius 2 is 1.89 bits per heavy atom. The predicted octanol–water partition coefficient (Wildman–Crippen LogP) is 3.82. The second kappa shape index (κ2) is 9.00. The normalized spacial score (nSPS) is 17.7. The topological polar surface area (TPSA) is 78.1 Å². The fourth-order valence-electron chi connectivity index (χ4n) is 3.67. The largest absolute Gasteiger partial charge is 0.454 e. The highest BCUT2D eigenvalue weighted by atomic mass is 127. The quantitative estimate of drug-likeness (QED) is 0.383. The van der Waals surface area contributed by atoms with Crippen molar-refractivity contribution in [3.05, 3.63) is 53.6 Å². The number of benzene rings is 2. The van der Waals surface area contributed by atoms with Crippen molar-refractivity contribution in [2.45, 2.75) is 25.2 Å². The summed E-state index contributed by atoms with van der Waals surface area (Å²) in [6.07, 6.45) is 1.79. The first-order valence-corrected chi connectivity index (χ1v) is 9.26. The number of aryl methyl sites for hydroxylation is 1. The van der Waals surface area contributed by atoms with E-state index in [1.54, 1.807) is 0 Å². The van der Waals surface area contributed by atoms with Crippen LogP contribution in [-0.2, 0) is 10.2 Å². The molecule has 3 N–H and O–H groups in total. The molecule has 1 fully saturated rings. The van der Waals surface area contributed by atoms with Gasteiger partial charge in [-0.3, -0.25) is 4.99 Å². The lowest BCUT2D eigenvalue weighted by molar-refractivity contribution is 0.0531. The fourth-order valence-corrected chi connectivity index (χ4v) is 3.67. The maximum absolute atomic E-state index is 6.16. The summed E-state index contributed by atoms with van der Waals surface area (Å²) in [4.78, 5) is 4.67. The molecule has 150 valence electrons. The molecular weight excluding hydrogens is 469 g/mol. The van der Waals surface area contributed by atoms with Crippen molar-refractivity contribution in [1.29, 1.82) is 0 Å². The Kier molecular flexibility index (Phi) is 6.66. The number of hydrogen-bond acceptors (Lipinski definition) is 4. The smallest absolute Gasteiger partial charge is 0.231 e. The van der Waals surface area contributed by atoms with Crippen LogP contribution in [0, 0.1) is 6.92 Å². The van der Waals surface area contributed by atoms with Crippen LogP contribution in [0.5, 0.6) is 11.5 Å². The van der Waals surface area contributed by atoms with Crippen molar-refractivity contribution < 1.29 is 14.2 Å². The molecule has 0 amide bonds. The van der Waals surface area contributed by atoms with Gasteiger partial charge in [-0.2, -0.15) is 0 Å². The van der Waals surface area contributed by atoms with Crippen LogP contribution in [0.25, 0.3) is 0 Å². The molecule has 2 heterocycles. The van der Waals surface area contributed by atoms with Gasteiger partial charge >= 0.3 is 0 Å². The average Bonchev–Trinajstić information content (AvgIpc) is 3.15. The van der Waals surface area contributed by atoms with E-state index in [0.717, 1.165) is 43.2 Å². The van der Waals surface area contributed by atoms with Crippen molar-refractivity contribution in [2.24, 2.45) is 10.7 Å². The summed E-state index contributed by atoms with van der Waals surface area (Å²) in [6, 6.07) is 14.2. The molecule has 28 heavy (non-hydrogen) atoms. The van der Waals surface area contributed by atoms with Crippen molar-refractivity contribution in [1.82, 2.24) is 0 Å². The molecule has 0 aromatic heterocycles. The molecule has 4 rings (SSSR count). The SMILES string of the molecule is Cc1cccc(NC(N)=NCC2(c3ccc4c(c3)OCO4)CCOCC2)c1.I. The highest BCUT2D eigenvalue weighted by molar-refractivity contribution is 14.0. The van der Waals surface area contributed by atoms with E-state index >= 15 is 0 Å². The fraction of sp³-hybridized carbons (Fsp3) is 0.381. The third-order valence-electron chi connectivity index (χ3n) is 5.28. The third-order valence-corrected chi connectivity index (χ3v) is 5.28. The first kappa shape index (κ1) is 20.7. The van der Waals surface area contributed by atoms with Crippen LogP contribution in [0.4, 0.5) is 5.69 Å². The molecule has 7 heteroatoms. The van der Waals surface area contributed by atoms with Crippen LogP contribution in [0.2, 0.25) is 0 Å². The molecule has 0 aliphatic carbocycles. The minimum Gasteiger partial charge on any atom is -0.454 e. The molecular formula is C21H26IN3O3. The number of fused-ring (bicyclic) bond motifs is 1. The van der Waals surface area contributed by atoms with E-state index in [1.807, 2.05) is 24.3 Å². The van der Waals surface area contributed by atoms with Crippen LogP contribution in [0.15, 0.2) is 47.5 Å². The number of anilines is 1. The number of nitrogens with two attached hydrogens (primary N) is 1. The first-order chi connectivity index (χ1) is 13.1. The highest BCUT2D eigenvalue weighted by Gasteiger charge is 2.35. The van der Waals surface area contributed by atoms with E-state index in [0.29, 0.717) is 12.5 Å². The minimum atomic E-state index is -0.113. The van der Waals surface area contributed by atoms with Crippen LogP contribution in [-0.4, -0.2) is 32.5 Å². The van der Waals surface area contributed by atoms with E-state index in [-0.39, 0.29) is 36.2 Å². The van der Waals surface area contributed by atoms with E-state index in [1.165, 1.54) is 11.1 Å². The lowest BCUT2D eigenvalue weighted by atomic mass is 9.74. The molecule has 2 aliphatic rings. The summed E-state index contributed by atoms with van der Waals surface area (Å²) in [7, 11) is 0. The molecule has 0 unspecified atom stereocenters. The van der Waals surface area contributed by atoms with Gasteiger partial charge in [0.15, 0.2) is 17.5 Å². The van der Waals surface area contributed by atoms with E-state index in [4.69, 9.17) is 19.9 Å². The summed E-state index contributed by atoms with van der Waals surface area (Å²) in [5.41, 5.74) is 9.37. The van der Waals surface area contributed by atoms with E-state index < -0.39 is 0 Å². The minimum absolute atomic E-state index is 0. The van der Waals surface area contributed by atoms with Crippen LogP contribution in [0.1, 0.15) is 24.0 Å². The number of ether oxygens (including phenoxy) is 3. The summed E-state index contributed by atoms with van der Waals surface area (Å²) in [6.45, 7) is 4.36. The molecule has 2 aromatic carbocycles. The molecule has 0 atom stereocenters. The van der Waals surface area contributed by atoms with Crippen LogP contribution in [0.3, 0.4) is 0 Å². The van der Waals surface area contributed by atoms with Crippen molar-refractivity contribution in [3.8, 4) is 11.5 Å². The Hall–Kier alpha value is -2.00. The number of guanidine groups is 1. The summed E-state index contributed by atoms with van der Waals surface area (Å²) in [5.74, 6) is 2.02. The maximum Gasteiger partial charge on any atom is 0.231 e. The standard InChI is InChI=1S/C21H25N3O3.HI/c1-15-3-2-4-17(11-15)24-20(22)23-13-21(7-9-25-10-8-21)16-5-6-18-19(12-16)27-14-26-18;/h2-6,11-12H,7-10,13-14H2,1H3,(H3,22,23,24);1H. The number of nitrogens with zero attached hydrogens (tertiary/aromatic N) is 1. The van der Waals surface area contributed by atoms with Gasteiger partial charge in [0, 0.05) is 24.3 Å². The van der Waals surface area contributed by atoms with E-state index in [2.05, 4.69) is 35.4 Å². The van der Waals surface area contributed by atoms with Gasteiger partial charge in [0.25, 0.3) is 0 Å². The van der Waals surface area contributed by atoms with Gasteiger partial charge in [-0.15, -0.1) is 24.0 Å². The Bertz CT molecular complexity index is 851. The molecule has 6 nitrogen and oxygen atoms in total. The second-order valence-corrected chi connectivity index (χ2v) is 7.16. The van der Waals surface area contributed by atoms with Crippen LogP contribution < -0.4 is 20.5 Å². The third kappa shape index (κ3) is 4.52. The Labute approximate surface area is 182 Å². The lowest BCUT2D eigenvalue weighted by Gasteiger charge is -2.36. The average molecular weight is 495 g/mol.